The molecule has 1 heterocycles. The Morgan fingerprint density at radius 1 is 1.19 bits per heavy atom. The smallest absolute Gasteiger partial charge is 0.261 e. The van der Waals surface area contributed by atoms with Crippen LogP contribution in [0.15, 0.2) is 42.5 Å². The first-order valence-corrected chi connectivity index (χ1v) is 11.6. The van der Waals surface area contributed by atoms with Crippen molar-refractivity contribution in [3.05, 3.63) is 65.0 Å². The highest BCUT2D eigenvalue weighted by molar-refractivity contribution is 5.81. The normalized spacial score (nSPS) is 18.6. The topological polar surface area (TPSA) is 58.6 Å². The summed E-state index contributed by atoms with van der Waals surface area (Å²) in [5.74, 6) is 0.798. The van der Waals surface area contributed by atoms with E-state index in [-0.39, 0.29) is 23.7 Å². The Morgan fingerprint density at radius 2 is 2.00 bits per heavy atom. The molecule has 6 heteroatoms. The minimum absolute atomic E-state index is 0.0297. The summed E-state index contributed by atoms with van der Waals surface area (Å²) in [6, 6.07) is 11.8. The summed E-state index contributed by atoms with van der Waals surface area (Å²) in [6.45, 7) is 5.06. The maximum atomic E-state index is 14.1. The Morgan fingerprint density at radius 3 is 2.69 bits per heavy atom. The number of carbonyl (C=O) groups excluding carboxylic acids is 2. The first-order valence-electron chi connectivity index (χ1n) is 11.6. The molecule has 2 amide bonds. The number of carbonyl (C=O) groups is 2. The van der Waals surface area contributed by atoms with Crippen LogP contribution in [-0.2, 0) is 16.0 Å². The fraction of sp³-hybridized carbons (Fsp3) is 0.462. The molecular formula is C26H31FN2O3. The summed E-state index contributed by atoms with van der Waals surface area (Å²) >= 11 is 0. The van der Waals surface area contributed by atoms with Crippen molar-refractivity contribution in [3.63, 3.8) is 0 Å². The number of benzene rings is 2. The molecule has 0 spiro atoms. The number of nitrogens with zero attached hydrogens (tertiary/aromatic N) is 1. The predicted octanol–water partition coefficient (Wildman–Crippen LogP) is 4.39. The molecule has 0 unspecified atom stereocenters. The second-order valence-corrected chi connectivity index (χ2v) is 8.71. The summed E-state index contributed by atoms with van der Waals surface area (Å²) in [4.78, 5) is 27.1. The predicted molar refractivity (Wildman–Crippen MR) is 121 cm³/mol. The van der Waals surface area contributed by atoms with Gasteiger partial charge in [0.2, 0.25) is 5.91 Å². The number of nitrogens with one attached hydrogen (secondary N) is 1. The molecule has 0 saturated heterocycles. The zero-order valence-corrected chi connectivity index (χ0v) is 18.8. The molecule has 1 saturated carbocycles. The van der Waals surface area contributed by atoms with Gasteiger partial charge in [-0.25, -0.2) is 4.39 Å². The minimum atomic E-state index is -0.573. The maximum Gasteiger partial charge on any atom is 0.261 e. The highest BCUT2D eigenvalue weighted by Gasteiger charge is 2.32. The van der Waals surface area contributed by atoms with E-state index in [1.807, 2.05) is 43.0 Å². The zero-order valence-electron chi connectivity index (χ0n) is 18.8. The number of amides is 2. The van der Waals surface area contributed by atoms with Crippen LogP contribution < -0.4 is 10.1 Å². The van der Waals surface area contributed by atoms with Gasteiger partial charge in [-0.05, 0) is 72.6 Å². The summed E-state index contributed by atoms with van der Waals surface area (Å²) in [7, 11) is 0. The van der Waals surface area contributed by atoms with Crippen molar-refractivity contribution in [3.8, 4) is 5.75 Å². The summed E-state index contributed by atoms with van der Waals surface area (Å²) in [5.41, 5.74) is 2.77. The van der Waals surface area contributed by atoms with E-state index in [2.05, 4.69) is 5.32 Å². The van der Waals surface area contributed by atoms with Gasteiger partial charge < -0.3 is 15.0 Å². The number of halogens is 1. The Bertz CT molecular complexity index is 989. The van der Waals surface area contributed by atoms with Crippen molar-refractivity contribution in [2.24, 2.45) is 5.92 Å². The Labute approximate surface area is 188 Å². The summed E-state index contributed by atoms with van der Waals surface area (Å²) in [6.07, 6.45) is 3.45. The van der Waals surface area contributed by atoms with Crippen LogP contribution >= 0.6 is 0 Å². The molecule has 32 heavy (non-hydrogen) atoms. The van der Waals surface area contributed by atoms with E-state index in [4.69, 9.17) is 4.74 Å². The van der Waals surface area contributed by atoms with Gasteiger partial charge in [0.05, 0.1) is 6.04 Å². The van der Waals surface area contributed by atoms with E-state index in [0.717, 1.165) is 23.1 Å². The van der Waals surface area contributed by atoms with Crippen LogP contribution in [0.1, 0.15) is 62.3 Å². The molecule has 0 aromatic heterocycles. The van der Waals surface area contributed by atoms with E-state index in [9.17, 15) is 14.0 Å². The second kappa shape index (κ2) is 9.72. The van der Waals surface area contributed by atoms with Crippen molar-refractivity contribution in [1.82, 2.24) is 10.2 Å². The van der Waals surface area contributed by atoms with Crippen LogP contribution in [0.3, 0.4) is 0 Å². The van der Waals surface area contributed by atoms with Gasteiger partial charge in [0.25, 0.3) is 5.91 Å². The monoisotopic (exact) mass is 438 g/mol. The Kier molecular flexibility index (Phi) is 6.77. The maximum absolute atomic E-state index is 14.1. The van der Waals surface area contributed by atoms with Gasteiger partial charge in [0.15, 0.2) is 6.10 Å². The third-order valence-electron chi connectivity index (χ3n) is 6.34. The molecule has 0 radical (unpaired) electrons. The van der Waals surface area contributed by atoms with Crippen LogP contribution in [0.25, 0.3) is 0 Å². The number of fused-ring (bicyclic) bond motifs is 1. The molecule has 2 aliphatic rings. The lowest BCUT2D eigenvalue weighted by atomic mass is 9.87. The lowest BCUT2D eigenvalue weighted by Crippen LogP contribution is -2.40. The van der Waals surface area contributed by atoms with E-state index in [1.54, 1.807) is 6.07 Å². The molecule has 4 rings (SSSR count). The van der Waals surface area contributed by atoms with Gasteiger partial charge in [0.1, 0.15) is 11.6 Å². The average Bonchev–Trinajstić information content (AvgIpc) is 3.64. The first kappa shape index (κ1) is 22.3. The van der Waals surface area contributed by atoms with Gasteiger partial charge in [-0.1, -0.05) is 32.0 Å². The SMILES string of the molecule is CCC(=O)N1CCc2ccc(O[C@@H](CC)C(=O)NCC3CC3)cc2[C@H]1c1cccc(F)c1. The lowest BCUT2D eigenvalue weighted by Gasteiger charge is -2.38. The fourth-order valence-corrected chi connectivity index (χ4v) is 4.34. The minimum Gasteiger partial charge on any atom is -0.481 e. The van der Waals surface area contributed by atoms with Gasteiger partial charge in [-0.3, -0.25) is 9.59 Å². The molecule has 5 nitrogen and oxygen atoms in total. The van der Waals surface area contributed by atoms with Gasteiger partial charge in [-0.15, -0.1) is 0 Å². The molecule has 2 aromatic carbocycles. The molecule has 1 fully saturated rings. The fourth-order valence-electron chi connectivity index (χ4n) is 4.34. The molecule has 170 valence electrons. The number of rotatable bonds is 8. The molecule has 0 bridgehead atoms. The lowest BCUT2D eigenvalue weighted by molar-refractivity contribution is -0.133. The summed E-state index contributed by atoms with van der Waals surface area (Å²) < 4.78 is 20.1. The van der Waals surface area contributed by atoms with Crippen molar-refractivity contribution in [1.29, 1.82) is 0 Å². The van der Waals surface area contributed by atoms with E-state index in [1.165, 1.54) is 25.0 Å². The van der Waals surface area contributed by atoms with Crippen molar-refractivity contribution >= 4 is 11.8 Å². The van der Waals surface area contributed by atoms with Gasteiger partial charge >= 0.3 is 0 Å². The van der Waals surface area contributed by atoms with Crippen LogP contribution in [0.2, 0.25) is 0 Å². The van der Waals surface area contributed by atoms with Gasteiger partial charge in [-0.2, -0.15) is 0 Å². The van der Waals surface area contributed by atoms with E-state index < -0.39 is 6.10 Å². The van der Waals surface area contributed by atoms with E-state index >= 15 is 0 Å². The summed E-state index contributed by atoms with van der Waals surface area (Å²) in [5, 5.41) is 2.99. The molecule has 2 aromatic rings. The Balaban J connectivity index is 1.62. The van der Waals surface area contributed by atoms with Crippen LogP contribution in [-0.4, -0.2) is 35.9 Å². The molecular weight excluding hydrogens is 407 g/mol. The standard InChI is InChI=1S/C26H31FN2O3/c1-3-23(26(31)28-16-17-8-9-17)32-21-11-10-18-12-13-29(24(30)4-2)25(22(18)15-21)19-6-5-7-20(27)14-19/h5-7,10-11,14-15,17,23,25H,3-4,8-9,12-13,16H2,1-2H3,(H,28,31)/t23-,25+/m0/s1. The molecule has 1 N–H and O–H groups in total. The van der Waals surface area contributed by atoms with Crippen molar-refractivity contribution in [2.75, 3.05) is 13.1 Å². The number of ether oxygens (including phenoxy) is 1. The molecule has 1 aliphatic carbocycles. The van der Waals surface area contributed by atoms with Crippen molar-refractivity contribution in [2.45, 2.75) is 58.1 Å². The third kappa shape index (κ3) is 4.95. The number of hydrogen-bond donors (Lipinski definition) is 1. The average molecular weight is 439 g/mol. The highest BCUT2D eigenvalue weighted by Crippen LogP contribution is 2.38. The highest BCUT2D eigenvalue weighted by atomic mass is 19.1. The van der Waals surface area contributed by atoms with E-state index in [0.29, 0.717) is 37.6 Å². The van der Waals surface area contributed by atoms with Crippen molar-refractivity contribution < 1.29 is 18.7 Å². The van der Waals surface area contributed by atoms with Crippen LogP contribution in [0.5, 0.6) is 5.75 Å². The first-order chi connectivity index (χ1) is 15.5. The molecule has 1 aliphatic heterocycles. The van der Waals surface area contributed by atoms with Gasteiger partial charge in [0, 0.05) is 19.5 Å². The zero-order chi connectivity index (χ0) is 22.7. The quantitative estimate of drug-likeness (QED) is 0.665. The van der Waals surface area contributed by atoms with Crippen LogP contribution in [0.4, 0.5) is 4.39 Å². The largest absolute Gasteiger partial charge is 0.481 e. The Hall–Kier alpha value is -2.89. The third-order valence-corrected chi connectivity index (χ3v) is 6.34. The molecule has 2 atom stereocenters. The van der Waals surface area contributed by atoms with Crippen LogP contribution in [0, 0.1) is 11.7 Å². The number of hydrogen-bond acceptors (Lipinski definition) is 3. The second-order valence-electron chi connectivity index (χ2n) is 8.71.